The van der Waals surface area contributed by atoms with Crippen molar-refractivity contribution in [1.29, 1.82) is 0 Å². The highest BCUT2D eigenvalue weighted by Crippen LogP contribution is 2.45. The van der Waals surface area contributed by atoms with Crippen LogP contribution in [0.5, 0.6) is 5.75 Å². The molecule has 2 unspecified atom stereocenters. The zero-order valence-corrected chi connectivity index (χ0v) is 15.7. The lowest BCUT2D eigenvalue weighted by molar-refractivity contribution is 0.000333. The van der Waals surface area contributed by atoms with Gasteiger partial charge in [-0.3, -0.25) is 0 Å². The van der Waals surface area contributed by atoms with E-state index in [2.05, 4.69) is 23.1 Å². The summed E-state index contributed by atoms with van der Waals surface area (Å²) in [6.07, 6.45) is 6.15. The molecule has 2 N–H and O–H groups in total. The fourth-order valence-electron chi connectivity index (χ4n) is 4.13. The van der Waals surface area contributed by atoms with Crippen molar-refractivity contribution in [1.82, 2.24) is 4.90 Å². The maximum atomic E-state index is 12.1. The maximum Gasteiger partial charge on any atom is 0.115 e. The summed E-state index contributed by atoms with van der Waals surface area (Å²) in [6.45, 7) is 0.804. The van der Waals surface area contributed by atoms with Gasteiger partial charge in [0.2, 0.25) is 0 Å². The van der Waals surface area contributed by atoms with E-state index in [0.29, 0.717) is 0 Å². The van der Waals surface area contributed by atoms with Gasteiger partial charge in [-0.15, -0.1) is 0 Å². The molecule has 3 rings (SSSR count). The lowest BCUT2D eigenvalue weighted by Crippen LogP contribution is -2.41. The molecule has 0 amide bonds. The molecule has 0 saturated heterocycles. The summed E-state index contributed by atoms with van der Waals surface area (Å²) in [5, 5.41) is 22.1. The SMILES string of the molecule is CN(C)CC1CCCCC(=Cc2ccccc2)C1(O)c1cccc(O)c1. The summed E-state index contributed by atoms with van der Waals surface area (Å²) < 4.78 is 0. The second kappa shape index (κ2) is 8.07. The molecule has 26 heavy (non-hydrogen) atoms. The van der Waals surface area contributed by atoms with E-state index in [4.69, 9.17) is 0 Å². The van der Waals surface area contributed by atoms with Crippen molar-refractivity contribution in [3.8, 4) is 5.75 Å². The summed E-state index contributed by atoms with van der Waals surface area (Å²) in [4.78, 5) is 2.14. The highest BCUT2D eigenvalue weighted by molar-refractivity contribution is 5.57. The number of phenolic OH excluding ortho intramolecular Hbond substituents is 1. The van der Waals surface area contributed by atoms with Crippen LogP contribution in [0.3, 0.4) is 0 Å². The van der Waals surface area contributed by atoms with Crippen LogP contribution in [0.1, 0.15) is 36.8 Å². The Labute approximate surface area is 156 Å². The molecule has 2 atom stereocenters. The average Bonchev–Trinajstić information content (AvgIpc) is 2.77. The molecule has 0 spiro atoms. The van der Waals surface area contributed by atoms with Crippen LogP contribution in [0.15, 0.2) is 60.2 Å². The summed E-state index contributed by atoms with van der Waals surface area (Å²) in [7, 11) is 4.10. The number of hydrogen-bond donors (Lipinski definition) is 2. The van der Waals surface area contributed by atoms with E-state index < -0.39 is 5.60 Å². The van der Waals surface area contributed by atoms with E-state index >= 15 is 0 Å². The number of hydrogen-bond acceptors (Lipinski definition) is 3. The Balaban J connectivity index is 2.14. The van der Waals surface area contributed by atoms with Crippen LogP contribution in [0.4, 0.5) is 0 Å². The molecule has 3 heteroatoms. The Morgan fingerprint density at radius 3 is 2.54 bits per heavy atom. The van der Waals surface area contributed by atoms with E-state index in [1.165, 1.54) is 0 Å². The monoisotopic (exact) mass is 351 g/mol. The topological polar surface area (TPSA) is 43.7 Å². The van der Waals surface area contributed by atoms with Crippen LogP contribution >= 0.6 is 0 Å². The van der Waals surface area contributed by atoms with E-state index in [1.54, 1.807) is 12.1 Å². The number of aromatic hydroxyl groups is 1. The Kier molecular flexibility index (Phi) is 5.80. The lowest BCUT2D eigenvalue weighted by atomic mass is 9.74. The molecular weight excluding hydrogens is 322 g/mol. The van der Waals surface area contributed by atoms with Crippen molar-refractivity contribution in [2.75, 3.05) is 20.6 Å². The molecule has 1 aliphatic carbocycles. The van der Waals surface area contributed by atoms with Gasteiger partial charge in [0.1, 0.15) is 11.4 Å². The van der Waals surface area contributed by atoms with Crippen LogP contribution in [0, 0.1) is 5.92 Å². The largest absolute Gasteiger partial charge is 0.508 e. The van der Waals surface area contributed by atoms with Crippen LogP contribution in [0.2, 0.25) is 0 Å². The Morgan fingerprint density at radius 1 is 1.08 bits per heavy atom. The van der Waals surface area contributed by atoms with Gasteiger partial charge in [0, 0.05) is 12.5 Å². The standard InChI is InChI=1S/C23H29NO2/c1-24(2)17-21-12-7-6-11-19(15-18-9-4-3-5-10-18)23(21,26)20-13-8-14-22(25)16-20/h3-5,8-10,13-16,21,25-26H,6-7,11-12,17H2,1-2H3. The summed E-state index contributed by atoms with van der Waals surface area (Å²) >= 11 is 0. The van der Waals surface area contributed by atoms with Crippen LogP contribution in [0.25, 0.3) is 6.08 Å². The van der Waals surface area contributed by atoms with Crippen molar-refractivity contribution >= 4 is 6.08 Å². The van der Waals surface area contributed by atoms with Crippen molar-refractivity contribution in [2.45, 2.75) is 31.3 Å². The molecule has 0 aliphatic heterocycles. The molecule has 0 radical (unpaired) electrons. The first-order valence-electron chi connectivity index (χ1n) is 9.43. The fourth-order valence-corrected chi connectivity index (χ4v) is 4.13. The molecule has 1 aliphatic rings. The predicted octanol–water partition coefficient (Wildman–Crippen LogP) is 4.42. The van der Waals surface area contributed by atoms with E-state index in [0.717, 1.165) is 48.9 Å². The van der Waals surface area contributed by atoms with Gasteiger partial charge < -0.3 is 15.1 Å². The molecule has 138 valence electrons. The molecular formula is C23H29NO2. The van der Waals surface area contributed by atoms with E-state index in [9.17, 15) is 10.2 Å². The van der Waals surface area contributed by atoms with Crippen molar-refractivity contribution in [3.05, 3.63) is 71.3 Å². The second-order valence-electron chi connectivity index (χ2n) is 7.60. The Morgan fingerprint density at radius 2 is 1.85 bits per heavy atom. The summed E-state index contributed by atoms with van der Waals surface area (Å²) in [5.41, 5.74) is 1.86. The van der Waals surface area contributed by atoms with E-state index in [1.807, 2.05) is 44.4 Å². The van der Waals surface area contributed by atoms with Crippen molar-refractivity contribution in [2.24, 2.45) is 5.92 Å². The third kappa shape index (κ3) is 4.00. The van der Waals surface area contributed by atoms with Gasteiger partial charge in [0.25, 0.3) is 0 Å². The molecule has 0 heterocycles. The number of phenols is 1. The van der Waals surface area contributed by atoms with Gasteiger partial charge in [0.05, 0.1) is 0 Å². The molecule has 0 aromatic heterocycles. The van der Waals surface area contributed by atoms with Gasteiger partial charge in [-0.05, 0) is 62.2 Å². The third-order valence-electron chi connectivity index (χ3n) is 5.34. The van der Waals surface area contributed by atoms with Crippen LogP contribution in [-0.4, -0.2) is 35.8 Å². The third-order valence-corrected chi connectivity index (χ3v) is 5.34. The molecule has 0 bridgehead atoms. The minimum atomic E-state index is -1.07. The van der Waals surface area contributed by atoms with Crippen LogP contribution in [-0.2, 0) is 5.60 Å². The summed E-state index contributed by atoms with van der Waals surface area (Å²) in [5.74, 6) is 0.277. The zero-order valence-electron chi connectivity index (χ0n) is 15.7. The fraction of sp³-hybridized carbons (Fsp3) is 0.391. The van der Waals surface area contributed by atoms with Gasteiger partial charge in [-0.1, -0.05) is 55.0 Å². The van der Waals surface area contributed by atoms with Gasteiger partial charge in [-0.2, -0.15) is 0 Å². The first kappa shape index (κ1) is 18.7. The first-order chi connectivity index (χ1) is 12.5. The van der Waals surface area contributed by atoms with Crippen molar-refractivity contribution < 1.29 is 10.2 Å². The number of benzene rings is 2. The van der Waals surface area contributed by atoms with Gasteiger partial charge >= 0.3 is 0 Å². The second-order valence-corrected chi connectivity index (χ2v) is 7.60. The van der Waals surface area contributed by atoms with Gasteiger partial charge in [-0.25, -0.2) is 0 Å². The molecule has 1 saturated carbocycles. The predicted molar refractivity (Wildman–Crippen MR) is 107 cm³/mol. The minimum absolute atomic E-state index is 0.0803. The molecule has 2 aromatic rings. The number of nitrogens with zero attached hydrogens (tertiary/aromatic N) is 1. The zero-order chi connectivity index (χ0) is 18.6. The Hall–Kier alpha value is -2.10. The van der Waals surface area contributed by atoms with E-state index in [-0.39, 0.29) is 11.7 Å². The molecule has 3 nitrogen and oxygen atoms in total. The summed E-state index contributed by atoms with van der Waals surface area (Å²) in [6, 6.07) is 17.3. The number of rotatable bonds is 4. The minimum Gasteiger partial charge on any atom is -0.508 e. The molecule has 1 fully saturated rings. The number of aliphatic hydroxyl groups is 1. The highest BCUT2D eigenvalue weighted by Gasteiger charge is 2.43. The first-order valence-corrected chi connectivity index (χ1v) is 9.43. The van der Waals surface area contributed by atoms with Crippen LogP contribution < -0.4 is 0 Å². The van der Waals surface area contributed by atoms with Gasteiger partial charge in [0.15, 0.2) is 0 Å². The quantitative estimate of drug-likeness (QED) is 0.802. The average molecular weight is 351 g/mol. The maximum absolute atomic E-state index is 12.1. The smallest absolute Gasteiger partial charge is 0.115 e. The van der Waals surface area contributed by atoms with Crippen molar-refractivity contribution in [3.63, 3.8) is 0 Å². The Bertz CT molecular complexity index is 754. The highest BCUT2D eigenvalue weighted by atomic mass is 16.3. The lowest BCUT2D eigenvalue weighted by Gasteiger charge is -2.39. The normalized spacial score (nSPS) is 25.4. The molecule has 2 aromatic carbocycles.